The standard InChI is InChI=1S/C23H24F2N2O3/c1-14-17-7-5-6-8-19(17)26-15(2)18(14)12-22(28)27(3)13-16-9-10-20(29-4)21(11-16)30-23(24)25/h5-11,23H,12-13H2,1-4H3. The van der Waals surface area contributed by atoms with Crippen molar-refractivity contribution in [3.8, 4) is 11.5 Å². The third kappa shape index (κ3) is 4.67. The Morgan fingerprint density at radius 2 is 1.87 bits per heavy atom. The number of methoxy groups -OCH3 is 1. The van der Waals surface area contributed by atoms with Crippen LogP contribution in [0.15, 0.2) is 42.5 Å². The van der Waals surface area contributed by atoms with Crippen molar-refractivity contribution in [2.75, 3.05) is 14.2 Å². The average Bonchev–Trinajstić information content (AvgIpc) is 2.70. The fourth-order valence-corrected chi connectivity index (χ4v) is 3.49. The maximum absolute atomic E-state index is 12.9. The molecule has 0 aliphatic carbocycles. The van der Waals surface area contributed by atoms with Gasteiger partial charge in [0.2, 0.25) is 5.91 Å². The van der Waals surface area contributed by atoms with Gasteiger partial charge in [-0.2, -0.15) is 8.78 Å². The third-order valence-electron chi connectivity index (χ3n) is 5.10. The molecule has 3 aromatic rings. The molecular formula is C23H24F2N2O3. The number of hydrogen-bond donors (Lipinski definition) is 0. The molecule has 0 aliphatic rings. The second-order valence-corrected chi connectivity index (χ2v) is 7.11. The summed E-state index contributed by atoms with van der Waals surface area (Å²) in [6.45, 7) is 1.19. The highest BCUT2D eigenvalue weighted by Gasteiger charge is 2.17. The molecule has 0 saturated carbocycles. The highest BCUT2D eigenvalue weighted by molar-refractivity contribution is 5.86. The Bertz CT molecular complexity index is 1070. The topological polar surface area (TPSA) is 51.7 Å². The lowest BCUT2D eigenvalue weighted by Crippen LogP contribution is -2.28. The quantitative estimate of drug-likeness (QED) is 0.564. The number of likely N-dealkylation sites (N-methyl/N-ethyl adjacent to an activating group) is 1. The van der Waals surface area contributed by atoms with Gasteiger partial charge in [0.25, 0.3) is 0 Å². The molecule has 1 aromatic heterocycles. The molecule has 3 rings (SSSR count). The van der Waals surface area contributed by atoms with Crippen LogP contribution in [0.1, 0.15) is 22.4 Å². The van der Waals surface area contributed by atoms with Gasteiger partial charge < -0.3 is 14.4 Å². The minimum absolute atomic E-state index is 0.0590. The molecule has 0 aliphatic heterocycles. The number of carbonyl (C=O) groups excluding carboxylic acids is 1. The van der Waals surface area contributed by atoms with E-state index in [4.69, 9.17) is 4.74 Å². The molecule has 2 aromatic carbocycles. The van der Waals surface area contributed by atoms with Crippen LogP contribution in [-0.2, 0) is 17.8 Å². The number of carbonyl (C=O) groups is 1. The number of amides is 1. The van der Waals surface area contributed by atoms with Crippen molar-refractivity contribution in [3.63, 3.8) is 0 Å². The fourth-order valence-electron chi connectivity index (χ4n) is 3.49. The van der Waals surface area contributed by atoms with Crippen LogP contribution >= 0.6 is 0 Å². The number of aromatic nitrogens is 1. The smallest absolute Gasteiger partial charge is 0.387 e. The third-order valence-corrected chi connectivity index (χ3v) is 5.10. The molecule has 0 fully saturated rings. The van der Waals surface area contributed by atoms with Crippen molar-refractivity contribution < 1.29 is 23.0 Å². The maximum atomic E-state index is 12.9. The van der Waals surface area contributed by atoms with Crippen molar-refractivity contribution >= 4 is 16.8 Å². The number of halogens is 2. The molecule has 0 atom stereocenters. The largest absolute Gasteiger partial charge is 0.493 e. The van der Waals surface area contributed by atoms with Gasteiger partial charge in [0.05, 0.1) is 19.0 Å². The van der Waals surface area contributed by atoms with Crippen LogP contribution in [0.5, 0.6) is 11.5 Å². The zero-order valence-electron chi connectivity index (χ0n) is 17.4. The van der Waals surface area contributed by atoms with Gasteiger partial charge >= 0.3 is 6.61 Å². The van der Waals surface area contributed by atoms with E-state index in [2.05, 4.69) is 9.72 Å². The molecular weight excluding hydrogens is 390 g/mol. The Balaban J connectivity index is 1.78. The summed E-state index contributed by atoms with van der Waals surface area (Å²) in [7, 11) is 3.06. The number of alkyl halides is 2. The Morgan fingerprint density at radius 3 is 2.57 bits per heavy atom. The summed E-state index contributed by atoms with van der Waals surface area (Å²) < 4.78 is 34.8. The van der Waals surface area contributed by atoms with Crippen molar-refractivity contribution in [2.45, 2.75) is 33.4 Å². The van der Waals surface area contributed by atoms with E-state index in [-0.39, 0.29) is 30.4 Å². The number of para-hydroxylation sites is 1. The number of pyridine rings is 1. The van der Waals surface area contributed by atoms with Crippen LogP contribution in [0.25, 0.3) is 10.9 Å². The predicted molar refractivity (Wildman–Crippen MR) is 111 cm³/mol. The zero-order chi connectivity index (χ0) is 21.8. The molecule has 7 heteroatoms. The monoisotopic (exact) mass is 414 g/mol. The Labute approximate surface area is 174 Å². The average molecular weight is 414 g/mol. The number of rotatable bonds is 7. The van der Waals surface area contributed by atoms with Crippen molar-refractivity contribution in [1.29, 1.82) is 0 Å². The number of ether oxygens (including phenoxy) is 2. The lowest BCUT2D eigenvalue weighted by atomic mass is 9.99. The highest BCUT2D eigenvalue weighted by Crippen LogP contribution is 2.30. The van der Waals surface area contributed by atoms with E-state index in [1.165, 1.54) is 13.2 Å². The number of aryl methyl sites for hydroxylation is 2. The predicted octanol–water partition coefficient (Wildman–Crippen LogP) is 4.66. The van der Waals surface area contributed by atoms with E-state index in [1.54, 1.807) is 24.1 Å². The molecule has 0 spiro atoms. The summed E-state index contributed by atoms with van der Waals surface area (Å²) in [6, 6.07) is 12.6. The normalized spacial score (nSPS) is 11.0. The molecule has 0 N–H and O–H groups in total. The molecule has 0 unspecified atom stereocenters. The van der Waals surface area contributed by atoms with Crippen molar-refractivity contribution in [1.82, 2.24) is 9.88 Å². The Morgan fingerprint density at radius 1 is 1.13 bits per heavy atom. The Hall–Kier alpha value is -3.22. The second kappa shape index (κ2) is 9.07. The first-order chi connectivity index (χ1) is 14.3. The first-order valence-electron chi connectivity index (χ1n) is 9.50. The van der Waals surface area contributed by atoms with Gasteiger partial charge in [-0.25, -0.2) is 0 Å². The highest BCUT2D eigenvalue weighted by atomic mass is 19.3. The summed E-state index contributed by atoms with van der Waals surface area (Å²) >= 11 is 0. The van der Waals surface area contributed by atoms with Crippen LogP contribution in [0.4, 0.5) is 8.78 Å². The fraction of sp³-hybridized carbons (Fsp3) is 0.304. The van der Waals surface area contributed by atoms with Crippen molar-refractivity contribution in [2.24, 2.45) is 0 Å². The van der Waals surface area contributed by atoms with Gasteiger partial charge in [0.1, 0.15) is 0 Å². The summed E-state index contributed by atoms with van der Waals surface area (Å²) in [5.74, 6) is 0.0585. The first kappa shape index (κ1) is 21.5. The lowest BCUT2D eigenvalue weighted by molar-refractivity contribution is -0.129. The van der Waals surface area contributed by atoms with E-state index < -0.39 is 6.61 Å². The lowest BCUT2D eigenvalue weighted by Gasteiger charge is -2.20. The number of fused-ring (bicyclic) bond motifs is 1. The first-order valence-corrected chi connectivity index (χ1v) is 9.50. The number of nitrogens with zero attached hydrogens (tertiary/aromatic N) is 2. The number of hydrogen-bond acceptors (Lipinski definition) is 4. The van der Waals surface area contributed by atoms with Gasteiger partial charge in [0.15, 0.2) is 11.5 Å². The molecule has 0 saturated heterocycles. The van der Waals surface area contributed by atoms with Gasteiger partial charge in [-0.1, -0.05) is 24.3 Å². The van der Waals surface area contributed by atoms with Crippen LogP contribution in [0, 0.1) is 13.8 Å². The summed E-state index contributed by atoms with van der Waals surface area (Å²) in [5, 5.41) is 1.03. The minimum atomic E-state index is -2.96. The SMILES string of the molecule is COc1ccc(CN(C)C(=O)Cc2c(C)nc3ccccc3c2C)cc1OC(F)F. The summed E-state index contributed by atoms with van der Waals surface area (Å²) in [4.78, 5) is 19.0. The Kier molecular flexibility index (Phi) is 6.50. The van der Waals surface area contributed by atoms with Gasteiger partial charge in [-0.3, -0.25) is 9.78 Å². The van der Waals surface area contributed by atoms with Crippen LogP contribution in [-0.4, -0.2) is 36.6 Å². The minimum Gasteiger partial charge on any atom is -0.493 e. The van der Waals surface area contributed by atoms with Crippen molar-refractivity contribution in [3.05, 3.63) is 64.8 Å². The van der Waals surface area contributed by atoms with E-state index in [9.17, 15) is 13.6 Å². The van der Waals surface area contributed by atoms with E-state index in [1.807, 2.05) is 38.1 Å². The van der Waals surface area contributed by atoms with Crippen LogP contribution in [0.3, 0.4) is 0 Å². The molecule has 5 nitrogen and oxygen atoms in total. The molecule has 0 bridgehead atoms. The molecule has 30 heavy (non-hydrogen) atoms. The maximum Gasteiger partial charge on any atom is 0.387 e. The van der Waals surface area contributed by atoms with E-state index in [0.717, 1.165) is 27.7 Å². The molecule has 1 heterocycles. The van der Waals surface area contributed by atoms with Crippen LogP contribution < -0.4 is 9.47 Å². The van der Waals surface area contributed by atoms with E-state index >= 15 is 0 Å². The summed E-state index contributed by atoms with van der Waals surface area (Å²) in [5.41, 5.74) is 4.33. The molecule has 1 amide bonds. The zero-order valence-corrected chi connectivity index (χ0v) is 17.4. The molecule has 0 radical (unpaired) electrons. The van der Waals surface area contributed by atoms with Gasteiger partial charge in [-0.05, 0) is 48.7 Å². The second-order valence-electron chi connectivity index (χ2n) is 7.11. The molecule has 158 valence electrons. The van der Waals surface area contributed by atoms with Gasteiger partial charge in [-0.15, -0.1) is 0 Å². The van der Waals surface area contributed by atoms with E-state index in [0.29, 0.717) is 5.56 Å². The van der Waals surface area contributed by atoms with Gasteiger partial charge in [0, 0.05) is 24.7 Å². The number of benzene rings is 2. The van der Waals surface area contributed by atoms with Crippen LogP contribution in [0.2, 0.25) is 0 Å². The summed E-state index contributed by atoms with van der Waals surface area (Å²) in [6.07, 6.45) is 0.211.